The first-order valence-electron chi connectivity index (χ1n) is 8.00. The molecule has 0 aliphatic heterocycles. The van der Waals surface area contributed by atoms with E-state index >= 15 is 0 Å². The van der Waals surface area contributed by atoms with Gasteiger partial charge in [-0.25, -0.2) is 0 Å². The van der Waals surface area contributed by atoms with Crippen LogP contribution in [0.2, 0.25) is 10.0 Å². The van der Waals surface area contributed by atoms with Crippen LogP contribution in [0.25, 0.3) is 11.0 Å². The summed E-state index contributed by atoms with van der Waals surface area (Å²) in [6.45, 7) is 6.46. The molecule has 3 aromatic rings. The molecule has 0 radical (unpaired) electrons. The van der Waals surface area contributed by atoms with E-state index in [-0.39, 0.29) is 17.7 Å². The Bertz CT molecular complexity index is 918. The van der Waals surface area contributed by atoms with Crippen molar-refractivity contribution in [3.63, 3.8) is 0 Å². The monoisotopic (exact) mass is 375 g/mol. The van der Waals surface area contributed by atoms with Crippen LogP contribution in [0.4, 0.5) is 5.69 Å². The molecule has 0 spiro atoms. The number of para-hydroxylation sites is 1. The number of halogens is 2. The van der Waals surface area contributed by atoms with E-state index in [1.54, 1.807) is 24.5 Å². The average Bonchev–Trinajstić information content (AvgIpc) is 2.92. The van der Waals surface area contributed by atoms with Gasteiger partial charge in [-0.05, 0) is 35.2 Å². The quantitative estimate of drug-likeness (QED) is 0.590. The number of fused-ring (bicyclic) bond motifs is 1. The first-order valence-corrected chi connectivity index (χ1v) is 8.76. The van der Waals surface area contributed by atoms with Crippen molar-refractivity contribution < 1.29 is 9.21 Å². The summed E-state index contributed by atoms with van der Waals surface area (Å²) in [5.74, 6) is -0.195. The van der Waals surface area contributed by atoms with Crippen LogP contribution in [0.1, 0.15) is 31.9 Å². The van der Waals surface area contributed by atoms with E-state index in [1.165, 1.54) is 5.56 Å². The predicted octanol–water partition coefficient (Wildman–Crippen LogP) is 6.22. The third-order valence-corrected chi connectivity index (χ3v) is 4.73. The van der Waals surface area contributed by atoms with Crippen LogP contribution in [-0.2, 0) is 16.6 Å². The second-order valence-electron chi connectivity index (χ2n) is 7.04. The van der Waals surface area contributed by atoms with E-state index in [4.69, 9.17) is 27.6 Å². The van der Waals surface area contributed by atoms with Gasteiger partial charge in [-0.3, -0.25) is 4.79 Å². The average molecular weight is 376 g/mol. The van der Waals surface area contributed by atoms with Crippen LogP contribution in [-0.4, -0.2) is 5.91 Å². The Kier molecular flexibility index (Phi) is 4.81. The highest BCUT2D eigenvalue weighted by Crippen LogP contribution is 2.31. The molecule has 0 aliphatic rings. The van der Waals surface area contributed by atoms with Gasteiger partial charge in [-0.15, -0.1) is 0 Å². The highest BCUT2D eigenvalue weighted by atomic mass is 35.5. The molecule has 0 atom stereocenters. The van der Waals surface area contributed by atoms with Crippen molar-refractivity contribution in [2.45, 2.75) is 32.6 Å². The maximum absolute atomic E-state index is 12.4. The number of benzene rings is 2. The molecule has 0 unspecified atom stereocenters. The van der Waals surface area contributed by atoms with Gasteiger partial charge in [0.2, 0.25) is 5.91 Å². The number of carbonyl (C=O) groups is 1. The molecular formula is C20H19Cl2NO2. The van der Waals surface area contributed by atoms with E-state index in [0.29, 0.717) is 15.7 Å². The Hall–Kier alpha value is -1.97. The summed E-state index contributed by atoms with van der Waals surface area (Å²) >= 11 is 12.2. The Morgan fingerprint density at radius 3 is 2.44 bits per heavy atom. The van der Waals surface area contributed by atoms with Crippen LogP contribution in [0.3, 0.4) is 0 Å². The highest BCUT2D eigenvalue weighted by Gasteiger charge is 2.18. The first kappa shape index (κ1) is 17.8. The predicted molar refractivity (Wildman–Crippen MR) is 104 cm³/mol. The Morgan fingerprint density at radius 2 is 1.80 bits per heavy atom. The minimum Gasteiger partial charge on any atom is -0.464 e. The second kappa shape index (κ2) is 6.74. The fourth-order valence-electron chi connectivity index (χ4n) is 2.66. The minimum atomic E-state index is -0.195. The van der Waals surface area contributed by atoms with Crippen molar-refractivity contribution >= 4 is 45.8 Å². The van der Waals surface area contributed by atoms with Crippen LogP contribution in [0, 0.1) is 0 Å². The van der Waals surface area contributed by atoms with E-state index in [2.05, 4.69) is 38.2 Å². The van der Waals surface area contributed by atoms with Gasteiger partial charge in [-0.2, -0.15) is 0 Å². The van der Waals surface area contributed by atoms with Gasteiger partial charge in [0.15, 0.2) is 0 Å². The van der Waals surface area contributed by atoms with Crippen molar-refractivity contribution in [3.8, 4) is 0 Å². The van der Waals surface area contributed by atoms with E-state index < -0.39 is 0 Å². The molecule has 3 rings (SSSR count). The van der Waals surface area contributed by atoms with E-state index in [0.717, 1.165) is 16.5 Å². The molecule has 2 aromatic carbocycles. The molecular weight excluding hydrogens is 357 g/mol. The highest BCUT2D eigenvalue weighted by molar-refractivity contribution is 6.39. The zero-order valence-electron chi connectivity index (χ0n) is 14.3. The van der Waals surface area contributed by atoms with Crippen LogP contribution >= 0.6 is 23.2 Å². The molecule has 0 fully saturated rings. The van der Waals surface area contributed by atoms with E-state index in [9.17, 15) is 4.79 Å². The van der Waals surface area contributed by atoms with Crippen LogP contribution in [0.5, 0.6) is 0 Å². The number of rotatable bonds is 3. The largest absolute Gasteiger partial charge is 0.464 e. The Morgan fingerprint density at radius 1 is 1.12 bits per heavy atom. The third kappa shape index (κ3) is 3.83. The van der Waals surface area contributed by atoms with Crippen LogP contribution in [0.15, 0.2) is 47.1 Å². The summed E-state index contributed by atoms with van der Waals surface area (Å²) in [5.41, 5.74) is 3.25. The van der Waals surface area contributed by atoms with Gasteiger partial charge < -0.3 is 9.73 Å². The molecule has 5 heteroatoms. The molecule has 0 saturated carbocycles. The van der Waals surface area contributed by atoms with E-state index in [1.807, 2.05) is 6.07 Å². The first-order chi connectivity index (χ1) is 11.8. The molecule has 1 heterocycles. The summed E-state index contributed by atoms with van der Waals surface area (Å²) in [7, 11) is 0. The fourth-order valence-corrected chi connectivity index (χ4v) is 3.15. The van der Waals surface area contributed by atoms with Crippen molar-refractivity contribution in [1.29, 1.82) is 0 Å². The summed E-state index contributed by atoms with van der Waals surface area (Å²) in [4.78, 5) is 12.4. The molecule has 3 nitrogen and oxygen atoms in total. The molecule has 25 heavy (non-hydrogen) atoms. The maximum Gasteiger partial charge on any atom is 0.229 e. The summed E-state index contributed by atoms with van der Waals surface area (Å²) in [6.07, 6.45) is 1.81. The minimum absolute atomic E-state index is 0.0239. The fraction of sp³-hybridized carbons (Fsp3) is 0.250. The molecule has 1 N–H and O–H groups in total. The third-order valence-electron chi connectivity index (χ3n) is 4.10. The SMILES string of the molecule is CC(C)(C)c1ccc2occ(CC(=O)Nc3c(Cl)cccc3Cl)c2c1. The molecule has 1 aromatic heterocycles. The number of nitrogens with one attached hydrogen (secondary N) is 1. The lowest BCUT2D eigenvalue weighted by Gasteiger charge is -2.18. The molecule has 0 bridgehead atoms. The zero-order valence-corrected chi connectivity index (χ0v) is 15.8. The number of hydrogen-bond acceptors (Lipinski definition) is 2. The standard InChI is InChI=1S/C20H19Cl2NO2/c1-20(2,3)13-7-8-17-14(10-13)12(11-25-17)9-18(24)23-19-15(21)5-4-6-16(19)22/h4-8,10-11H,9H2,1-3H3,(H,23,24). The van der Waals surface area contributed by atoms with Gasteiger partial charge in [0.25, 0.3) is 0 Å². The lowest BCUT2D eigenvalue weighted by Crippen LogP contribution is -2.15. The summed E-state index contributed by atoms with van der Waals surface area (Å²) in [5, 5.41) is 4.55. The van der Waals surface area contributed by atoms with Gasteiger partial charge >= 0.3 is 0 Å². The van der Waals surface area contributed by atoms with Crippen molar-refractivity contribution in [2.75, 3.05) is 5.32 Å². The maximum atomic E-state index is 12.4. The molecule has 1 amide bonds. The normalized spacial score (nSPS) is 11.7. The second-order valence-corrected chi connectivity index (χ2v) is 7.86. The number of furan rings is 1. The lowest BCUT2D eigenvalue weighted by molar-refractivity contribution is -0.115. The van der Waals surface area contributed by atoms with Gasteiger partial charge in [0.05, 0.1) is 28.4 Å². The van der Waals surface area contributed by atoms with Gasteiger partial charge in [-0.1, -0.05) is 56.1 Å². The molecule has 0 saturated heterocycles. The van der Waals surface area contributed by atoms with Crippen molar-refractivity contribution in [1.82, 2.24) is 0 Å². The number of carbonyl (C=O) groups excluding carboxylic acids is 1. The zero-order chi connectivity index (χ0) is 18.2. The number of anilines is 1. The lowest BCUT2D eigenvalue weighted by atomic mass is 9.86. The molecule has 0 aliphatic carbocycles. The Labute approximate surface area is 156 Å². The summed E-state index contributed by atoms with van der Waals surface area (Å²) < 4.78 is 5.58. The van der Waals surface area contributed by atoms with Crippen LogP contribution < -0.4 is 5.32 Å². The number of amides is 1. The van der Waals surface area contributed by atoms with Crippen molar-refractivity contribution in [2.24, 2.45) is 0 Å². The van der Waals surface area contributed by atoms with Gasteiger partial charge in [0.1, 0.15) is 5.58 Å². The smallest absolute Gasteiger partial charge is 0.229 e. The van der Waals surface area contributed by atoms with Crippen molar-refractivity contribution in [3.05, 3.63) is 63.8 Å². The number of hydrogen-bond donors (Lipinski definition) is 1. The van der Waals surface area contributed by atoms with Gasteiger partial charge in [0, 0.05) is 10.9 Å². The molecule has 130 valence electrons. The summed E-state index contributed by atoms with van der Waals surface area (Å²) in [6, 6.07) is 11.2. The topological polar surface area (TPSA) is 42.2 Å². The Balaban J connectivity index is 1.86.